The van der Waals surface area contributed by atoms with E-state index in [0.29, 0.717) is 0 Å². The fraction of sp³-hybridized carbons (Fsp3) is 1.00. The van der Waals surface area contributed by atoms with Crippen LogP contribution in [0, 0.1) is 11.8 Å². The molecule has 0 amide bonds. The summed E-state index contributed by atoms with van der Waals surface area (Å²) in [7, 11) is 2.96. The van der Waals surface area contributed by atoms with E-state index in [4.69, 9.17) is 4.74 Å². The second-order valence-corrected chi connectivity index (χ2v) is 5.23. The predicted octanol–water partition coefficient (Wildman–Crippen LogP) is 2.61. The van der Waals surface area contributed by atoms with E-state index in [1.165, 1.54) is 19.3 Å². The van der Waals surface area contributed by atoms with E-state index < -0.39 is 0 Å². The highest BCUT2D eigenvalue weighted by molar-refractivity contribution is 6.35. The van der Waals surface area contributed by atoms with Gasteiger partial charge in [-0.25, -0.2) is 0 Å². The maximum Gasteiger partial charge on any atom is 0.0493 e. The Balaban J connectivity index is 2.39. The lowest BCUT2D eigenvalue weighted by Gasteiger charge is -2.15. The Hall–Kier alpha value is 0.177. The molecule has 2 heteroatoms. The summed E-state index contributed by atoms with van der Waals surface area (Å²) < 4.78 is 5.25. The fourth-order valence-electron chi connectivity index (χ4n) is 2.37. The molecule has 1 saturated carbocycles. The largest absolute Gasteiger partial charge is 0.384 e. The molecule has 1 aliphatic carbocycles. The lowest BCUT2D eigenvalue weighted by Crippen LogP contribution is -2.12. The highest BCUT2D eigenvalue weighted by Gasteiger charge is 2.31. The van der Waals surface area contributed by atoms with Gasteiger partial charge in [0, 0.05) is 23.2 Å². The normalized spacial score (nSPS) is 35.8. The zero-order chi connectivity index (χ0) is 8.97. The zero-order valence-electron chi connectivity index (χ0n) is 8.47. The molecule has 0 saturated heterocycles. The molecule has 1 aliphatic rings. The van der Waals surface area contributed by atoms with Crippen molar-refractivity contribution < 1.29 is 4.74 Å². The summed E-state index contributed by atoms with van der Waals surface area (Å²) in [5.41, 5.74) is 1.01. The smallest absolute Gasteiger partial charge is 0.0493 e. The third-order valence-corrected chi connectivity index (χ3v) is 4.44. The van der Waals surface area contributed by atoms with Gasteiger partial charge in [0.2, 0.25) is 0 Å². The molecule has 0 aromatic carbocycles. The Kier molecular flexibility index (Phi) is 4.30. The lowest BCUT2D eigenvalue weighted by molar-refractivity contribution is 0.131. The van der Waals surface area contributed by atoms with E-state index in [-0.39, 0.29) is 0 Å². The van der Waals surface area contributed by atoms with Crippen LogP contribution in [0.4, 0.5) is 0 Å². The first-order valence-electron chi connectivity index (χ1n) is 4.98. The second-order valence-electron chi connectivity index (χ2n) is 3.84. The molecule has 0 aliphatic heterocycles. The van der Waals surface area contributed by atoms with E-state index in [1.54, 1.807) is 0 Å². The average molecular weight is 184 g/mol. The summed E-state index contributed by atoms with van der Waals surface area (Å²) >= 11 is 0. The third-order valence-electron chi connectivity index (χ3n) is 3.15. The van der Waals surface area contributed by atoms with Gasteiger partial charge in [-0.2, -0.15) is 0 Å². The topological polar surface area (TPSA) is 9.23 Å². The summed E-state index contributed by atoms with van der Waals surface area (Å²) in [6.45, 7) is 5.64. The molecule has 1 nitrogen and oxygen atoms in total. The van der Waals surface area contributed by atoms with E-state index in [0.717, 1.165) is 33.5 Å². The summed E-state index contributed by atoms with van der Waals surface area (Å²) in [6, 6.07) is 0. The molecular weight excluding hydrogens is 164 g/mol. The first kappa shape index (κ1) is 10.3. The van der Waals surface area contributed by atoms with E-state index in [1.807, 2.05) is 7.11 Å². The Labute approximate surface area is 78.7 Å². The van der Waals surface area contributed by atoms with Gasteiger partial charge < -0.3 is 4.74 Å². The molecule has 1 fully saturated rings. The van der Waals surface area contributed by atoms with Crippen molar-refractivity contribution >= 4 is 9.52 Å². The van der Waals surface area contributed by atoms with Crippen LogP contribution in [0.1, 0.15) is 26.2 Å². The fourth-order valence-corrected chi connectivity index (χ4v) is 3.44. The van der Waals surface area contributed by atoms with Crippen LogP contribution in [0.5, 0.6) is 0 Å². The van der Waals surface area contributed by atoms with Crippen LogP contribution in [0.25, 0.3) is 0 Å². The number of hydrogen-bond donors (Lipinski definition) is 0. The molecule has 0 spiro atoms. The van der Waals surface area contributed by atoms with Crippen molar-refractivity contribution in [1.29, 1.82) is 0 Å². The molecule has 12 heavy (non-hydrogen) atoms. The maximum atomic E-state index is 5.25. The molecule has 2 radical (unpaired) electrons. The van der Waals surface area contributed by atoms with Gasteiger partial charge in [-0.15, -0.1) is 0 Å². The molecule has 0 heterocycles. The predicted molar refractivity (Wildman–Crippen MR) is 53.7 cm³/mol. The van der Waals surface area contributed by atoms with Crippen molar-refractivity contribution in [2.24, 2.45) is 11.8 Å². The summed E-state index contributed by atoms with van der Waals surface area (Å²) in [4.78, 5) is 0. The standard InChI is InChI=1S/C10H20OSi/c1-4-8-5-10(12-3)6-9(8)7-11-2/h8-10H,4-7H2,1-3H3. The first-order valence-corrected chi connectivity index (χ1v) is 6.55. The van der Waals surface area contributed by atoms with Gasteiger partial charge in [-0.1, -0.05) is 26.3 Å². The minimum absolute atomic E-state index is 0.859. The highest BCUT2D eigenvalue weighted by atomic mass is 28.2. The molecule has 3 atom stereocenters. The van der Waals surface area contributed by atoms with Crippen LogP contribution in [-0.2, 0) is 4.74 Å². The first-order chi connectivity index (χ1) is 5.81. The second kappa shape index (κ2) is 5.03. The Bertz CT molecular complexity index is 127. The van der Waals surface area contributed by atoms with Crippen molar-refractivity contribution in [3.63, 3.8) is 0 Å². The van der Waals surface area contributed by atoms with Gasteiger partial charge in [-0.3, -0.25) is 0 Å². The van der Waals surface area contributed by atoms with Gasteiger partial charge in [0.1, 0.15) is 0 Å². The molecule has 0 aromatic heterocycles. The van der Waals surface area contributed by atoms with Crippen LogP contribution in [0.2, 0.25) is 12.1 Å². The molecule has 0 N–H and O–H groups in total. The third kappa shape index (κ3) is 2.33. The van der Waals surface area contributed by atoms with Crippen molar-refractivity contribution in [3.8, 4) is 0 Å². The van der Waals surface area contributed by atoms with E-state index in [9.17, 15) is 0 Å². The maximum absolute atomic E-state index is 5.25. The Morgan fingerprint density at radius 2 is 2.00 bits per heavy atom. The summed E-state index contributed by atoms with van der Waals surface area (Å²) in [6.07, 6.45) is 4.22. The van der Waals surface area contributed by atoms with Gasteiger partial charge in [0.25, 0.3) is 0 Å². The lowest BCUT2D eigenvalue weighted by atomic mass is 9.95. The minimum Gasteiger partial charge on any atom is -0.384 e. The molecule has 1 rings (SSSR count). The molecular formula is C10H20OSi. The Morgan fingerprint density at radius 3 is 2.50 bits per heavy atom. The minimum atomic E-state index is 0.859. The highest BCUT2D eigenvalue weighted by Crippen LogP contribution is 2.41. The van der Waals surface area contributed by atoms with Crippen molar-refractivity contribution in [1.82, 2.24) is 0 Å². The summed E-state index contributed by atoms with van der Waals surface area (Å²) in [5.74, 6) is 1.81. The number of hydrogen-bond acceptors (Lipinski definition) is 1. The van der Waals surface area contributed by atoms with Crippen LogP contribution in [0.3, 0.4) is 0 Å². The van der Waals surface area contributed by atoms with Gasteiger partial charge in [0.15, 0.2) is 0 Å². The molecule has 70 valence electrons. The van der Waals surface area contributed by atoms with Gasteiger partial charge in [-0.05, 0) is 23.8 Å². The zero-order valence-corrected chi connectivity index (χ0v) is 9.47. The van der Waals surface area contributed by atoms with Crippen LogP contribution in [-0.4, -0.2) is 23.2 Å². The molecule has 3 unspecified atom stereocenters. The van der Waals surface area contributed by atoms with Gasteiger partial charge in [0.05, 0.1) is 0 Å². The van der Waals surface area contributed by atoms with Crippen LogP contribution in [0.15, 0.2) is 0 Å². The molecule has 0 bridgehead atoms. The van der Waals surface area contributed by atoms with Crippen LogP contribution < -0.4 is 0 Å². The quantitative estimate of drug-likeness (QED) is 0.610. The number of methoxy groups -OCH3 is 1. The SMILES string of the molecule is CCC1CC([Si]C)CC1COC. The molecule has 0 aromatic rings. The van der Waals surface area contributed by atoms with Crippen molar-refractivity contribution in [2.75, 3.05) is 13.7 Å². The monoisotopic (exact) mass is 184 g/mol. The van der Waals surface area contributed by atoms with E-state index >= 15 is 0 Å². The Morgan fingerprint density at radius 1 is 1.33 bits per heavy atom. The van der Waals surface area contributed by atoms with Gasteiger partial charge >= 0.3 is 0 Å². The van der Waals surface area contributed by atoms with Crippen molar-refractivity contribution in [2.45, 2.75) is 38.3 Å². The number of ether oxygens (including phenoxy) is 1. The summed E-state index contributed by atoms with van der Waals surface area (Å²) in [5, 5.41) is 0. The van der Waals surface area contributed by atoms with Crippen molar-refractivity contribution in [3.05, 3.63) is 0 Å². The van der Waals surface area contributed by atoms with Crippen LogP contribution >= 0.6 is 0 Å². The number of rotatable bonds is 4. The van der Waals surface area contributed by atoms with E-state index in [2.05, 4.69) is 13.5 Å². The average Bonchev–Trinajstić information content (AvgIpc) is 2.48.